The first-order valence-corrected chi connectivity index (χ1v) is 6.29. The highest BCUT2D eigenvalue weighted by Gasteiger charge is 2.17. The van der Waals surface area contributed by atoms with Gasteiger partial charge in [-0.05, 0) is 18.9 Å². The minimum atomic E-state index is -0.00242. The zero-order valence-electron chi connectivity index (χ0n) is 10.8. The Morgan fingerprint density at radius 1 is 1.41 bits per heavy atom. The molecule has 2 N–H and O–H groups in total. The number of nitrogens with one attached hydrogen (secondary N) is 2. The van der Waals surface area contributed by atoms with Gasteiger partial charge in [0.25, 0.3) is 0 Å². The maximum atomic E-state index is 11.6. The summed E-state index contributed by atoms with van der Waals surface area (Å²) in [4.78, 5) is 16.8. The molecule has 1 saturated heterocycles. The average molecular weight is 235 g/mol. The van der Waals surface area contributed by atoms with E-state index in [-0.39, 0.29) is 5.56 Å². The molecule has 1 aliphatic heterocycles. The number of hydrogen-bond donors (Lipinski definition) is 2. The van der Waals surface area contributed by atoms with E-state index >= 15 is 0 Å². The van der Waals surface area contributed by atoms with E-state index in [1.807, 2.05) is 0 Å². The molecule has 1 aliphatic rings. The smallest absolute Gasteiger partial charge is 0.250 e. The van der Waals surface area contributed by atoms with Crippen LogP contribution in [0.25, 0.3) is 0 Å². The minimum absolute atomic E-state index is 0.00242. The second-order valence-corrected chi connectivity index (χ2v) is 5.11. The predicted octanol–water partition coefficient (Wildman–Crippen LogP) is 1.30. The molecule has 1 atom stereocenters. The standard InChI is InChI=1S/C13H21N3O/c1-9(2)12-6-11(7-13(17)15-12)16-5-4-14-10(3)8-16/h6-7,9-10,14H,4-5,8H2,1-3H3,(H,15,17)/t10-/m1/s1. The monoisotopic (exact) mass is 235 g/mol. The van der Waals surface area contributed by atoms with Crippen molar-refractivity contribution < 1.29 is 0 Å². The first kappa shape index (κ1) is 12.2. The third-order valence-corrected chi connectivity index (χ3v) is 3.21. The lowest BCUT2D eigenvalue weighted by atomic mass is 10.1. The fourth-order valence-electron chi connectivity index (χ4n) is 2.21. The molecule has 1 fully saturated rings. The van der Waals surface area contributed by atoms with Crippen LogP contribution in [0.1, 0.15) is 32.4 Å². The lowest BCUT2D eigenvalue weighted by Crippen LogP contribution is -2.49. The summed E-state index contributed by atoms with van der Waals surface area (Å²) in [6.07, 6.45) is 0. The predicted molar refractivity (Wildman–Crippen MR) is 70.8 cm³/mol. The number of nitrogens with zero attached hydrogens (tertiary/aromatic N) is 1. The summed E-state index contributed by atoms with van der Waals surface area (Å²) in [6.45, 7) is 9.25. The zero-order chi connectivity index (χ0) is 12.4. The van der Waals surface area contributed by atoms with Gasteiger partial charge in [-0.25, -0.2) is 0 Å². The molecule has 1 aromatic rings. The number of aromatic amines is 1. The lowest BCUT2D eigenvalue weighted by molar-refractivity contribution is 0.484. The van der Waals surface area contributed by atoms with Crippen molar-refractivity contribution in [2.24, 2.45) is 0 Å². The molecule has 0 aliphatic carbocycles. The van der Waals surface area contributed by atoms with Crippen LogP contribution in [0.4, 0.5) is 5.69 Å². The lowest BCUT2D eigenvalue weighted by Gasteiger charge is -2.33. The Hall–Kier alpha value is -1.29. The van der Waals surface area contributed by atoms with Gasteiger partial charge in [-0.15, -0.1) is 0 Å². The Morgan fingerprint density at radius 2 is 2.18 bits per heavy atom. The number of pyridine rings is 1. The normalized spacial score (nSPS) is 20.9. The molecule has 94 valence electrons. The second kappa shape index (κ2) is 4.92. The number of piperazine rings is 1. The van der Waals surface area contributed by atoms with Gasteiger partial charge < -0.3 is 15.2 Å². The van der Waals surface area contributed by atoms with Crippen LogP contribution < -0.4 is 15.8 Å². The van der Waals surface area contributed by atoms with Gasteiger partial charge in [-0.2, -0.15) is 0 Å². The van der Waals surface area contributed by atoms with Crippen LogP contribution in [0.2, 0.25) is 0 Å². The van der Waals surface area contributed by atoms with Gasteiger partial charge in [0.05, 0.1) is 0 Å². The molecular weight excluding hydrogens is 214 g/mol. The van der Waals surface area contributed by atoms with Crippen LogP contribution in [-0.2, 0) is 0 Å². The molecule has 4 nitrogen and oxygen atoms in total. The molecule has 1 aromatic heterocycles. The van der Waals surface area contributed by atoms with E-state index in [0.717, 1.165) is 31.0 Å². The Labute approximate surface area is 102 Å². The van der Waals surface area contributed by atoms with Crippen molar-refractivity contribution in [2.45, 2.75) is 32.7 Å². The Kier molecular flexibility index (Phi) is 3.52. The summed E-state index contributed by atoms with van der Waals surface area (Å²) in [6, 6.07) is 4.28. The molecule has 4 heteroatoms. The van der Waals surface area contributed by atoms with Gasteiger partial charge in [0.15, 0.2) is 0 Å². The van der Waals surface area contributed by atoms with Crippen LogP contribution in [0.3, 0.4) is 0 Å². The maximum absolute atomic E-state index is 11.6. The summed E-state index contributed by atoms with van der Waals surface area (Å²) in [5.41, 5.74) is 2.06. The van der Waals surface area contributed by atoms with Crippen molar-refractivity contribution in [1.29, 1.82) is 0 Å². The van der Waals surface area contributed by atoms with E-state index in [9.17, 15) is 4.79 Å². The average Bonchev–Trinajstić information content (AvgIpc) is 2.28. The highest BCUT2D eigenvalue weighted by molar-refractivity contribution is 5.47. The number of rotatable bonds is 2. The van der Waals surface area contributed by atoms with Crippen molar-refractivity contribution in [1.82, 2.24) is 10.3 Å². The van der Waals surface area contributed by atoms with Crippen LogP contribution in [-0.4, -0.2) is 30.7 Å². The summed E-state index contributed by atoms with van der Waals surface area (Å²) < 4.78 is 0. The maximum Gasteiger partial charge on any atom is 0.250 e. The molecule has 2 heterocycles. The number of aromatic nitrogens is 1. The van der Waals surface area contributed by atoms with Gasteiger partial charge in [-0.1, -0.05) is 13.8 Å². The van der Waals surface area contributed by atoms with Gasteiger partial charge >= 0.3 is 0 Å². The van der Waals surface area contributed by atoms with Crippen LogP contribution >= 0.6 is 0 Å². The minimum Gasteiger partial charge on any atom is -0.368 e. The van der Waals surface area contributed by atoms with Crippen LogP contribution in [0.15, 0.2) is 16.9 Å². The van der Waals surface area contributed by atoms with Gasteiger partial charge in [-0.3, -0.25) is 4.79 Å². The summed E-state index contributed by atoms with van der Waals surface area (Å²) in [7, 11) is 0. The van der Waals surface area contributed by atoms with Crippen molar-refractivity contribution in [3.63, 3.8) is 0 Å². The van der Waals surface area contributed by atoms with Crippen LogP contribution in [0.5, 0.6) is 0 Å². The van der Waals surface area contributed by atoms with Crippen molar-refractivity contribution in [2.75, 3.05) is 24.5 Å². The molecular formula is C13H21N3O. The first-order chi connectivity index (χ1) is 8.06. The van der Waals surface area contributed by atoms with E-state index in [2.05, 4.69) is 42.0 Å². The fourth-order valence-corrected chi connectivity index (χ4v) is 2.21. The van der Waals surface area contributed by atoms with Crippen molar-refractivity contribution >= 4 is 5.69 Å². The summed E-state index contributed by atoms with van der Waals surface area (Å²) in [5, 5.41) is 3.41. The molecule has 0 spiro atoms. The van der Waals surface area contributed by atoms with Gasteiger partial charge in [0.2, 0.25) is 5.56 Å². The third kappa shape index (κ3) is 2.88. The van der Waals surface area contributed by atoms with E-state index in [4.69, 9.17) is 0 Å². The fraction of sp³-hybridized carbons (Fsp3) is 0.615. The van der Waals surface area contributed by atoms with E-state index in [0.29, 0.717) is 12.0 Å². The molecule has 0 amide bonds. The molecule has 0 unspecified atom stereocenters. The SMILES string of the molecule is CC(C)c1cc(N2CCN[C@H](C)C2)cc(=O)[nH]1. The molecule has 17 heavy (non-hydrogen) atoms. The third-order valence-electron chi connectivity index (χ3n) is 3.21. The number of anilines is 1. The van der Waals surface area contributed by atoms with Crippen molar-refractivity contribution in [3.05, 3.63) is 28.2 Å². The molecule has 2 rings (SSSR count). The Morgan fingerprint density at radius 3 is 2.82 bits per heavy atom. The Bertz CT molecular complexity index is 439. The molecule has 0 aromatic carbocycles. The first-order valence-electron chi connectivity index (χ1n) is 6.29. The van der Waals surface area contributed by atoms with E-state index in [1.165, 1.54) is 0 Å². The quantitative estimate of drug-likeness (QED) is 0.812. The molecule has 0 saturated carbocycles. The highest BCUT2D eigenvalue weighted by Crippen LogP contribution is 2.18. The highest BCUT2D eigenvalue weighted by atomic mass is 16.1. The largest absolute Gasteiger partial charge is 0.368 e. The van der Waals surface area contributed by atoms with E-state index in [1.54, 1.807) is 6.07 Å². The molecule has 0 bridgehead atoms. The summed E-state index contributed by atoms with van der Waals surface area (Å²) in [5.74, 6) is 0.350. The van der Waals surface area contributed by atoms with Crippen molar-refractivity contribution in [3.8, 4) is 0 Å². The van der Waals surface area contributed by atoms with E-state index < -0.39 is 0 Å². The zero-order valence-corrected chi connectivity index (χ0v) is 10.8. The van der Waals surface area contributed by atoms with Gasteiger partial charge in [0, 0.05) is 43.1 Å². The topological polar surface area (TPSA) is 48.1 Å². The second-order valence-electron chi connectivity index (χ2n) is 5.11. The number of hydrogen-bond acceptors (Lipinski definition) is 3. The van der Waals surface area contributed by atoms with Gasteiger partial charge in [0.1, 0.15) is 0 Å². The Balaban J connectivity index is 2.28. The number of H-pyrrole nitrogens is 1. The van der Waals surface area contributed by atoms with Crippen LogP contribution in [0, 0.1) is 0 Å². The molecule has 0 radical (unpaired) electrons. The summed E-state index contributed by atoms with van der Waals surface area (Å²) >= 11 is 0.